The summed E-state index contributed by atoms with van der Waals surface area (Å²) in [6.45, 7) is 8.88. The third-order valence-electron chi connectivity index (χ3n) is 3.44. The monoisotopic (exact) mass is 294 g/mol. The zero-order chi connectivity index (χ0) is 15.0. The third kappa shape index (κ3) is 2.83. The number of fused-ring (bicyclic) bond motifs is 1. The van der Waals surface area contributed by atoms with Crippen molar-refractivity contribution in [1.29, 1.82) is 0 Å². The second-order valence-corrected chi connectivity index (χ2v) is 11.3. The Morgan fingerprint density at radius 2 is 1.76 bits per heavy atom. The molecule has 0 saturated carbocycles. The Morgan fingerprint density at radius 1 is 0.952 bits per heavy atom. The average molecular weight is 294 g/mol. The molecule has 0 atom stereocenters. The van der Waals surface area contributed by atoms with E-state index < -0.39 is 8.07 Å². The molecular weight excluding hydrogens is 276 g/mol. The van der Waals surface area contributed by atoms with Crippen molar-refractivity contribution in [1.82, 2.24) is 19.9 Å². The van der Waals surface area contributed by atoms with Crippen LogP contribution in [0.4, 0.5) is 0 Å². The van der Waals surface area contributed by atoms with Crippen LogP contribution in [0, 0.1) is 6.92 Å². The summed E-state index contributed by atoms with van der Waals surface area (Å²) in [7, 11) is -1.33. The van der Waals surface area contributed by atoms with Crippen LogP contribution in [-0.2, 0) is 0 Å². The zero-order valence-electron chi connectivity index (χ0n) is 12.8. The molecule has 0 fully saturated rings. The normalized spacial score (nSPS) is 11.8. The summed E-state index contributed by atoms with van der Waals surface area (Å²) in [5.41, 5.74) is 3.35. The number of aryl methyl sites for hydroxylation is 1. The average Bonchev–Trinajstić information content (AvgIpc) is 2.46. The summed E-state index contributed by atoms with van der Waals surface area (Å²) < 4.78 is 0. The third-order valence-corrected chi connectivity index (χ3v) is 5.49. The van der Waals surface area contributed by atoms with Crippen molar-refractivity contribution in [3.8, 4) is 11.3 Å². The van der Waals surface area contributed by atoms with Gasteiger partial charge < -0.3 is 0 Å². The van der Waals surface area contributed by atoms with Crippen molar-refractivity contribution in [3.05, 3.63) is 42.5 Å². The van der Waals surface area contributed by atoms with Crippen LogP contribution in [0.3, 0.4) is 0 Å². The molecule has 3 aromatic rings. The van der Waals surface area contributed by atoms with Gasteiger partial charge >= 0.3 is 0 Å². The minimum absolute atomic E-state index is 0.646. The molecule has 0 aliphatic heterocycles. The molecule has 0 bridgehead atoms. The molecule has 2 aromatic heterocycles. The molecule has 2 heterocycles. The lowest BCUT2D eigenvalue weighted by atomic mass is 10.1. The van der Waals surface area contributed by atoms with Crippen molar-refractivity contribution in [2.24, 2.45) is 0 Å². The van der Waals surface area contributed by atoms with Crippen LogP contribution in [-0.4, -0.2) is 28.0 Å². The van der Waals surface area contributed by atoms with Gasteiger partial charge in [-0.3, -0.25) is 0 Å². The van der Waals surface area contributed by atoms with Gasteiger partial charge in [-0.1, -0.05) is 49.1 Å². The van der Waals surface area contributed by atoms with E-state index in [1.54, 1.807) is 12.4 Å². The van der Waals surface area contributed by atoms with E-state index in [4.69, 9.17) is 0 Å². The number of aromatic nitrogens is 4. The minimum Gasteiger partial charge on any atom is -0.241 e. The van der Waals surface area contributed by atoms with E-state index in [9.17, 15) is 0 Å². The van der Waals surface area contributed by atoms with E-state index in [2.05, 4.69) is 63.8 Å². The molecule has 0 spiro atoms. The Kier molecular flexibility index (Phi) is 3.29. The van der Waals surface area contributed by atoms with Gasteiger partial charge in [0.05, 0.1) is 26.2 Å². The minimum atomic E-state index is -1.33. The number of nitrogens with zero attached hydrogens (tertiary/aromatic N) is 4. The Hall–Kier alpha value is -2.14. The summed E-state index contributed by atoms with van der Waals surface area (Å²) in [6.07, 6.45) is 3.52. The Labute approximate surface area is 125 Å². The maximum absolute atomic E-state index is 4.64. The Bertz CT molecular complexity index is 809. The molecule has 106 valence electrons. The molecule has 0 unspecified atom stereocenters. The molecule has 4 nitrogen and oxygen atoms in total. The van der Waals surface area contributed by atoms with Gasteiger partial charge in [0.25, 0.3) is 0 Å². The van der Waals surface area contributed by atoms with Gasteiger partial charge in [-0.25, -0.2) is 19.9 Å². The molecule has 0 amide bonds. The summed E-state index contributed by atoms with van der Waals surface area (Å²) >= 11 is 0. The predicted octanol–water partition coefficient (Wildman–Crippen LogP) is 2.94. The Morgan fingerprint density at radius 3 is 2.52 bits per heavy atom. The summed E-state index contributed by atoms with van der Waals surface area (Å²) in [4.78, 5) is 17.5. The summed E-state index contributed by atoms with van der Waals surface area (Å²) in [6, 6.07) is 8.61. The molecule has 1 aromatic carbocycles. The maximum atomic E-state index is 4.64. The first-order valence-electron chi connectivity index (χ1n) is 7.01. The molecule has 0 saturated heterocycles. The lowest BCUT2D eigenvalue weighted by Gasteiger charge is -2.17. The fourth-order valence-corrected chi connectivity index (χ4v) is 3.38. The lowest BCUT2D eigenvalue weighted by molar-refractivity contribution is 1.06. The van der Waals surface area contributed by atoms with E-state index >= 15 is 0 Å². The molecule has 0 N–H and O–H groups in total. The summed E-state index contributed by atoms with van der Waals surface area (Å²) in [5, 5.41) is 1.42. The first kappa shape index (κ1) is 13.8. The highest BCUT2D eigenvalue weighted by Crippen LogP contribution is 2.18. The molecule has 3 rings (SSSR count). The quantitative estimate of drug-likeness (QED) is 0.682. The van der Waals surface area contributed by atoms with Gasteiger partial charge in [-0.2, -0.15) is 0 Å². The smallest absolute Gasteiger partial charge is 0.181 e. The van der Waals surface area contributed by atoms with E-state index in [0.29, 0.717) is 11.5 Å². The molecule has 0 radical (unpaired) electrons. The summed E-state index contributed by atoms with van der Waals surface area (Å²) in [5.74, 6) is 0.713. The van der Waals surface area contributed by atoms with E-state index in [0.717, 1.165) is 16.8 Å². The lowest BCUT2D eigenvalue weighted by Crippen LogP contribution is -2.37. The topological polar surface area (TPSA) is 51.6 Å². The zero-order valence-corrected chi connectivity index (χ0v) is 13.8. The number of rotatable bonds is 2. The van der Waals surface area contributed by atoms with Crippen LogP contribution >= 0.6 is 0 Å². The highest BCUT2D eigenvalue weighted by atomic mass is 28.3. The van der Waals surface area contributed by atoms with Crippen molar-refractivity contribution >= 4 is 24.4 Å². The first-order valence-corrected chi connectivity index (χ1v) is 10.5. The van der Waals surface area contributed by atoms with Crippen molar-refractivity contribution in [2.45, 2.75) is 26.6 Å². The van der Waals surface area contributed by atoms with Gasteiger partial charge in [0.1, 0.15) is 11.3 Å². The van der Waals surface area contributed by atoms with Crippen LogP contribution in [0.25, 0.3) is 22.4 Å². The number of benzene rings is 1. The van der Waals surface area contributed by atoms with Gasteiger partial charge in [0.15, 0.2) is 5.65 Å². The van der Waals surface area contributed by atoms with Crippen molar-refractivity contribution in [3.63, 3.8) is 0 Å². The number of hydrogen-bond donors (Lipinski definition) is 0. The molecule has 0 aliphatic carbocycles. The SMILES string of the molecule is Cc1ncc2nc(-c3cccc([Si](C)(C)C)c3)cnc2n1. The van der Waals surface area contributed by atoms with Crippen LogP contribution in [0.2, 0.25) is 19.6 Å². The molecule has 5 heteroatoms. The van der Waals surface area contributed by atoms with Crippen molar-refractivity contribution < 1.29 is 0 Å². The first-order chi connectivity index (χ1) is 9.93. The number of hydrogen-bond acceptors (Lipinski definition) is 4. The van der Waals surface area contributed by atoms with Gasteiger partial charge in [-0.15, -0.1) is 0 Å². The fraction of sp³-hybridized carbons (Fsp3) is 0.250. The molecular formula is C16H18N4Si. The standard InChI is InChI=1S/C16H18N4Si/c1-11-17-10-15-16(19-11)18-9-14(20-15)12-6-5-7-13(8-12)21(2,3)4/h5-10H,1-4H3. The largest absolute Gasteiger partial charge is 0.241 e. The van der Waals surface area contributed by atoms with Crippen molar-refractivity contribution in [2.75, 3.05) is 0 Å². The molecule has 21 heavy (non-hydrogen) atoms. The highest BCUT2D eigenvalue weighted by molar-refractivity contribution is 6.88. The van der Waals surface area contributed by atoms with Gasteiger partial charge in [0.2, 0.25) is 0 Å². The van der Waals surface area contributed by atoms with E-state index in [1.807, 2.05) is 6.92 Å². The predicted molar refractivity (Wildman–Crippen MR) is 88.3 cm³/mol. The van der Waals surface area contributed by atoms with Gasteiger partial charge in [-0.05, 0) is 6.92 Å². The van der Waals surface area contributed by atoms with E-state index in [-0.39, 0.29) is 0 Å². The fourth-order valence-electron chi connectivity index (χ4n) is 2.19. The highest BCUT2D eigenvalue weighted by Gasteiger charge is 2.17. The maximum Gasteiger partial charge on any atom is 0.181 e. The molecule has 0 aliphatic rings. The van der Waals surface area contributed by atoms with Crippen LogP contribution in [0.1, 0.15) is 5.82 Å². The second kappa shape index (κ2) is 5.00. The van der Waals surface area contributed by atoms with Crippen LogP contribution < -0.4 is 5.19 Å². The van der Waals surface area contributed by atoms with Crippen LogP contribution in [0.5, 0.6) is 0 Å². The van der Waals surface area contributed by atoms with E-state index in [1.165, 1.54) is 5.19 Å². The van der Waals surface area contributed by atoms with Gasteiger partial charge in [0, 0.05) is 5.56 Å². The Balaban J connectivity index is 2.10. The van der Waals surface area contributed by atoms with Crippen LogP contribution in [0.15, 0.2) is 36.7 Å². The second-order valence-electron chi connectivity index (χ2n) is 6.21.